The molecule has 0 aliphatic carbocycles. The number of nitrogens with one attached hydrogen (secondary N) is 2. The lowest BCUT2D eigenvalue weighted by Crippen LogP contribution is -2.38. The molecule has 264 valence electrons. The highest BCUT2D eigenvalue weighted by Gasteiger charge is 2.38. The van der Waals surface area contributed by atoms with E-state index in [0.717, 1.165) is 50.4 Å². The number of hydrogen-bond acceptors (Lipinski definition) is 7. The van der Waals surface area contributed by atoms with Gasteiger partial charge in [-0.1, -0.05) is 158 Å². The van der Waals surface area contributed by atoms with E-state index in [1.165, 1.54) is 11.8 Å². The molecule has 9 heteroatoms. The number of nitrogens with zero attached hydrogens (tertiary/aromatic N) is 1. The van der Waals surface area contributed by atoms with Crippen LogP contribution in [0.3, 0.4) is 0 Å². The summed E-state index contributed by atoms with van der Waals surface area (Å²) in [5.74, 6) is 1.33. The molecule has 5 aromatic carbocycles. The Bertz CT molecular complexity index is 1970. The number of aliphatic hydroxyl groups is 1. The molecule has 1 aliphatic rings. The van der Waals surface area contributed by atoms with Crippen LogP contribution in [-0.4, -0.2) is 28.0 Å². The van der Waals surface area contributed by atoms with E-state index in [1.54, 1.807) is 0 Å². The Balaban J connectivity index is 1.07. The Labute approximate surface area is 308 Å². The number of urea groups is 1. The molecule has 1 aliphatic heterocycles. The largest absolute Gasteiger partial charge is 0.431 e. The van der Waals surface area contributed by atoms with Crippen LogP contribution in [-0.2, 0) is 29.2 Å². The number of benzene rings is 5. The average Bonchev–Trinajstić information content (AvgIpc) is 3.65. The highest BCUT2D eigenvalue weighted by atomic mass is 32.2. The van der Waals surface area contributed by atoms with Crippen molar-refractivity contribution in [3.8, 4) is 22.6 Å². The number of rotatable bonds is 12. The number of carbonyl (C=O) groups excluding carboxylic acids is 1. The normalized spacial score (nSPS) is 18.5. The monoisotopic (exact) mass is 711 g/mol. The van der Waals surface area contributed by atoms with Crippen LogP contribution in [0.5, 0.6) is 0 Å². The second-order valence-corrected chi connectivity index (χ2v) is 13.8. The van der Waals surface area contributed by atoms with E-state index >= 15 is 0 Å². The summed E-state index contributed by atoms with van der Waals surface area (Å²) in [7, 11) is 0. The molecule has 7 rings (SSSR count). The SMILES string of the molecule is CC1C(CSc2nc(-c3ccccc3)c(-c3ccccc3)o2)OC(c2ccc(CNC(=O)NCc3ccccc3)cc2)OC1c1ccc(CO)cc1. The van der Waals surface area contributed by atoms with Crippen molar-refractivity contribution in [2.24, 2.45) is 5.92 Å². The van der Waals surface area contributed by atoms with Crippen molar-refractivity contribution >= 4 is 17.8 Å². The van der Waals surface area contributed by atoms with E-state index in [4.69, 9.17) is 18.9 Å². The predicted molar refractivity (Wildman–Crippen MR) is 203 cm³/mol. The topological polar surface area (TPSA) is 106 Å². The number of thioether (sulfide) groups is 1. The molecule has 2 amide bonds. The number of ether oxygens (including phenoxy) is 2. The lowest BCUT2D eigenvalue weighted by Gasteiger charge is -2.41. The van der Waals surface area contributed by atoms with Gasteiger partial charge in [0.15, 0.2) is 12.1 Å². The fourth-order valence-corrected chi connectivity index (χ4v) is 7.21. The van der Waals surface area contributed by atoms with Crippen LogP contribution in [0.4, 0.5) is 4.79 Å². The fraction of sp³-hybridized carbons (Fsp3) is 0.209. The predicted octanol–water partition coefficient (Wildman–Crippen LogP) is 9.08. The van der Waals surface area contributed by atoms with Gasteiger partial charge in [-0.2, -0.15) is 0 Å². The zero-order chi connectivity index (χ0) is 35.7. The number of oxazole rings is 1. The average molecular weight is 712 g/mol. The van der Waals surface area contributed by atoms with Gasteiger partial charge in [0.2, 0.25) is 0 Å². The summed E-state index contributed by atoms with van der Waals surface area (Å²) in [6.07, 6.45) is -1.07. The van der Waals surface area contributed by atoms with Crippen LogP contribution in [0.15, 0.2) is 149 Å². The second-order valence-electron chi connectivity index (χ2n) is 12.8. The molecular weight excluding hydrogens is 671 g/mol. The van der Waals surface area contributed by atoms with E-state index in [2.05, 4.69) is 17.6 Å². The number of aliphatic hydroxyl groups excluding tert-OH is 1. The minimum absolute atomic E-state index is 0.00116. The van der Waals surface area contributed by atoms with Crippen molar-refractivity contribution in [2.75, 3.05) is 5.75 Å². The van der Waals surface area contributed by atoms with Crippen molar-refractivity contribution in [3.63, 3.8) is 0 Å². The molecule has 1 aromatic heterocycles. The van der Waals surface area contributed by atoms with Crippen LogP contribution >= 0.6 is 11.8 Å². The Morgan fingerprint density at radius 3 is 1.88 bits per heavy atom. The third kappa shape index (κ3) is 8.63. The summed E-state index contributed by atoms with van der Waals surface area (Å²) in [4.78, 5) is 17.4. The fourth-order valence-electron chi connectivity index (χ4n) is 6.22. The van der Waals surface area contributed by atoms with Crippen LogP contribution in [0.2, 0.25) is 0 Å². The van der Waals surface area contributed by atoms with Gasteiger partial charge in [-0.25, -0.2) is 9.78 Å². The molecule has 6 aromatic rings. The number of carbonyl (C=O) groups is 1. The first-order valence-corrected chi connectivity index (χ1v) is 18.4. The van der Waals surface area contributed by atoms with Gasteiger partial charge in [0.1, 0.15) is 5.69 Å². The van der Waals surface area contributed by atoms with Crippen molar-refractivity contribution < 1.29 is 23.8 Å². The third-order valence-corrected chi connectivity index (χ3v) is 10.1. The Morgan fingerprint density at radius 2 is 1.25 bits per heavy atom. The van der Waals surface area contributed by atoms with Gasteiger partial charge in [0.25, 0.3) is 5.22 Å². The lowest BCUT2D eigenvalue weighted by molar-refractivity contribution is -0.268. The number of aromatic nitrogens is 1. The quantitative estimate of drug-likeness (QED) is 0.109. The maximum Gasteiger partial charge on any atom is 0.315 e. The van der Waals surface area contributed by atoms with Gasteiger partial charge in [0.05, 0.1) is 18.8 Å². The molecule has 52 heavy (non-hydrogen) atoms. The summed E-state index contributed by atoms with van der Waals surface area (Å²) in [6, 6.07) is 45.5. The summed E-state index contributed by atoms with van der Waals surface area (Å²) in [5, 5.41) is 16.0. The van der Waals surface area contributed by atoms with E-state index in [0.29, 0.717) is 24.1 Å². The zero-order valence-electron chi connectivity index (χ0n) is 28.9. The van der Waals surface area contributed by atoms with Crippen LogP contribution in [0, 0.1) is 5.92 Å². The minimum atomic E-state index is -0.621. The molecule has 4 atom stereocenters. The summed E-state index contributed by atoms with van der Waals surface area (Å²) >= 11 is 1.53. The maximum absolute atomic E-state index is 12.4. The van der Waals surface area contributed by atoms with Crippen LogP contribution in [0.25, 0.3) is 22.6 Å². The lowest BCUT2D eigenvalue weighted by atomic mass is 9.91. The standard InChI is InChI=1S/C43H41N3O5S/c1-29-37(28-52-43-46-38(33-13-7-3-8-14-33)40(51-43)34-15-9-4-10-16-34)49-41(50-39(29)35-21-19-32(27-47)20-22-35)36-23-17-31(18-24-36)26-45-42(48)44-25-30-11-5-2-6-12-30/h2-24,29,37,39,41,47H,25-28H2,1H3,(H2,44,45,48). The van der Waals surface area contributed by atoms with E-state index in [-0.39, 0.29) is 30.8 Å². The highest BCUT2D eigenvalue weighted by Crippen LogP contribution is 2.44. The first-order chi connectivity index (χ1) is 25.5. The van der Waals surface area contributed by atoms with Gasteiger partial charge in [-0.05, 0) is 22.3 Å². The molecule has 0 saturated carbocycles. The zero-order valence-corrected chi connectivity index (χ0v) is 29.7. The van der Waals surface area contributed by atoms with Crippen molar-refractivity contribution in [2.45, 2.75) is 50.3 Å². The molecule has 0 radical (unpaired) electrons. The molecule has 4 unspecified atom stereocenters. The molecule has 0 spiro atoms. The number of hydrogen-bond donors (Lipinski definition) is 3. The summed E-state index contributed by atoms with van der Waals surface area (Å²) in [6.45, 7) is 2.97. The third-order valence-electron chi connectivity index (χ3n) is 9.19. The van der Waals surface area contributed by atoms with Gasteiger partial charge in [-0.15, -0.1) is 0 Å². The molecule has 3 N–H and O–H groups in total. The molecule has 0 bridgehead atoms. The first kappa shape index (κ1) is 35.2. The van der Waals surface area contributed by atoms with Crippen molar-refractivity contribution in [1.82, 2.24) is 15.6 Å². The molecule has 1 fully saturated rings. The van der Waals surface area contributed by atoms with Gasteiger partial charge in [0, 0.05) is 41.5 Å². The molecule has 1 saturated heterocycles. The summed E-state index contributed by atoms with van der Waals surface area (Å²) in [5.41, 5.74) is 7.50. The molecular formula is C43H41N3O5S. The van der Waals surface area contributed by atoms with E-state index in [9.17, 15) is 9.90 Å². The number of amides is 2. The molecule has 8 nitrogen and oxygen atoms in total. The van der Waals surface area contributed by atoms with Crippen molar-refractivity contribution in [3.05, 3.63) is 167 Å². The Kier molecular flexibility index (Phi) is 11.4. The minimum Gasteiger partial charge on any atom is -0.431 e. The Morgan fingerprint density at radius 1 is 0.692 bits per heavy atom. The summed E-state index contributed by atoms with van der Waals surface area (Å²) < 4.78 is 19.8. The van der Waals surface area contributed by atoms with Gasteiger partial charge >= 0.3 is 6.03 Å². The van der Waals surface area contributed by atoms with E-state index in [1.807, 2.05) is 140 Å². The van der Waals surface area contributed by atoms with Crippen LogP contribution in [0.1, 0.15) is 47.1 Å². The first-order valence-electron chi connectivity index (χ1n) is 17.4. The second kappa shape index (κ2) is 16.9. The Hall–Kier alpha value is -5.19. The smallest absolute Gasteiger partial charge is 0.315 e. The molecule has 2 heterocycles. The van der Waals surface area contributed by atoms with E-state index < -0.39 is 6.29 Å². The van der Waals surface area contributed by atoms with Crippen molar-refractivity contribution in [1.29, 1.82) is 0 Å². The van der Waals surface area contributed by atoms with Gasteiger partial charge < -0.3 is 29.6 Å². The highest BCUT2D eigenvalue weighted by molar-refractivity contribution is 7.99. The van der Waals surface area contributed by atoms with Crippen LogP contribution < -0.4 is 10.6 Å². The van der Waals surface area contributed by atoms with Gasteiger partial charge in [-0.3, -0.25) is 0 Å². The maximum atomic E-state index is 12.4.